The van der Waals surface area contributed by atoms with Crippen LogP contribution in [0.1, 0.15) is 52.6 Å². The van der Waals surface area contributed by atoms with Crippen LogP contribution in [-0.4, -0.2) is 45.4 Å². The molecule has 3 rings (SSSR count). The molecule has 1 aromatic carbocycles. The predicted octanol–water partition coefficient (Wildman–Crippen LogP) is 2.82. The van der Waals surface area contributed by atoms with Crippen molar-refractivity contribution in [3.05, 3.63) is 46.3 Å². The van der Waals surface area contributed by atoms with E-state index in [1.54, 1.807) is 4.90 Å². The Morgan fingerprint density at radius 1 is 1.28 bits per heavy atom. The highest BCUT2D eigenvalue weighted by Crippen LogP contribution is 2.29. The Labute approximate surface area is 149 Å². The molecule has 1 aromatic heterocycles. The first-order chi connectivity index (χ1) is 12.1. The van der Waals surface area contributed by atoms with Gasteiger partial charge in [-0.15, -0.1) is 0 Å². The second kappa shape index (κ2) is 7.40. The van der Waals surface area contributed by atoms with Crippen molar-refractivity contribution in [2.75, 3.05) is 19.7 Å². The van der Waals surface area contributed by atoms with E-state index in [1.165, 1.54) is 5.56 Å². The summed E-state index contributed by atoms with van der Waals surface area (Å²) in [6, 6.07) is 6.32. The van der Waals surface area contributed by atoms with E-state index >= 15 is 0 Å². The molecule has 5 heteroatoms. The standard InChI is InChI=1S/C20H27N3O2/c1-4-10-22(11-12-24)20(25)19-16-6-5-7-18(16)23(21-19)17-9-8-14(2)13-15(17)3/h8-9,13,24H,4-7,10-12H2,1-3H3. The van der Waals surface area contributed by atoms with Crippen molar-refractivity contribution >= 4 is 5.91 Å². The Kier molecular flexibility index (Phi) is 5.23. The van der Waals surface area contributed by atoms with E-state index in [4.69, 9.17) is 5.10 Å². The summed E-state index contributed by atoms with van der Waals surface area (Å²) in [4.78, 5) is 14.7. The van der Waals surface area contributed by atoms with Crippen LogP contribution in [0.25, 0.3) is 5.69 Å². The van der Waals surface area contributed by atoms with Gasteiger partial charge in [0.1, 0.15) is 0 Å². The van der Waals surface area contributed by atoms with Gasteiger partial charge in [0.25, 0.3) is 5.91 Å². The summed E-state index contributed by atoms with van der Waals surface area (Å²) in [6.45, 7) is 7.18. The zero-order chi connectivity index (χ0) is 18.0. The molecule has 1 aliphatic rings. The second-order valence-corrected chi connectivity index (χ2v) is 6.84. The van der Waals surface area contributed by atoms with Crippen molar-refractivity contribution in [2.24, 2.45) is 0 Å². The molecule has 0 radical (unpaired) electrons. The van der Waals surface area contributed by atoms with Crippen LogP contribution in [0.5, 0.6) is 0 Å². The summed E-state index contributed by atoms with van der Waals surface area (Å²) in [6.07, 6.45) is 3.79. The lowest BCUT2D eigenvalue weighted by molar-refractivity contribution is 0.0714. The van der Waals surface area contributed by atoms with Gasteiger partial charge in [-0.05, 0) is 51.2 Å². The number of aliphatic hydroxyl groups excluding tert-OH is 1. The van der Waals surface area contributed by atoms with Crippen molar-refractivity contribution in [3.63, 3.8) is 0 Å². The zero-order valence-electron chi connectivity index (χ0n) is 15.4. The third-order valence-corrected chi connectivity index (χ3v) is 4.86. The highest BCUT2D eigenvalue weighted by Gasteiger charge is 2.29. The number of benzene rings is 1. The minimum atomic E-state index is -0.0578. The smallest absolute Gasteiger partial charge is 0.274 e. The van der Waals surface area contributed by atoms with Crippen LogP contribution < -0.4 is 0 Å². The molecule has 0 saturated heterocycles. The summed E-state index contributed by atoms with van der Waals surface area (Å²) in [7, 11) is 0. The third-order valence-electron chi connectivity index (χ3n) is 4.86. The maximum Gasteiger partial charge on any atom is 0.274 e. The topological polar surface area (TPSA) is 58.4 Å². The molecule has 1 aliphatic carbocycles. The summed E-state index contributed by atoms with van der Waals surface area (Å²) in [5.41, 5.74) is 6.25. The quantitative estimate of drug-likeness (QED) is 0.879. The lowest BCUT2D eigenvalue weighted by Crippen LogP contribution is -2.35. The Bertz CT molecular complexity index is 773. The maximum atomic E-state index is 13.0. The number of nitrogens with zero attached hydrogens (tertiary/aromatic N) is 3. The van der Waals surface area contributed by atoms with Crippen molar-refractivity contribution < 1.29 is 9.90 Å². The number of aromatic nitrogens is 2. The summed E-state index contributed by atoms with van der Waals surface area (Å²) >= 11 is 0. The van der Waals surface area contributed by atoms with Gasteiger partial charge in [0.15, 0.2) is 5.69 Å². The Balaban J connectivity index is 2.04. The van der Waals surface area contributed by atoms with E-state index in [0.29, 0.717) is 18.8 Å². The van der Waals surface area contributed by atoms with Crippen molar-refractivity contribution in [2.45, 2.75) is 46.5 Å². The highest BCUT2D eigenvalue weighted by molar-refractivity contribution is 5.94. The van der Waals surface area contributed by atoms with Crippen LogP contribution in [0.3, 0.4) is 0 Å². The van der Waals surface area contributed by atoms with Crippen molar-refractivity contribution in [1.82, 2.24) is 14.7 Å². The van der Waals surface area contributed by atoms with Crippen LogP contribution in [0.2, 0.25) is 0 Å². The molecular weight excluding hydrogens is 314 g/mol. The van der Waals surface area contributed by atoms with Gasteiger partial charge in [-0.1, -0.05) is 24.6 Å². The van der Waals surface area contributed by atoms with Crippen molar-refractivity contribution in [3.8, 4) is 5.69 Å². The number of rotatable bonds is 6. The van der Waals surface area contributed by atoms with Gasteiger partial charge in [-0.25, -0.2) is 4.68 Å². The third kappa shape index (κ3) is 3.33. The molecule has 1 N–H and O–H groups in total. The molecule has 134 valence electrons. The molecule has 5 nitrogen and oxygen atoms in total. The maximum absolute atomic E-state index is 13.0. The molecular formula is C20H27N3O2. The van der Waals surface area contributed by atoms with E-state index in [9.17, 15) is 9.90 Å². The number of aliphatic hydroxyl groups is 1. The van der Waals surface area contributed by atoms with Crippen LogP contribution in [0, 0.1) is 13.8 Å². The van der Waals surface area contributed by atoms with Crippen LogP contribution in [0.15, 0.2) is 18.2 Å². The first-order valence-corrected chi connectivity index (χ1v) is 9.15. The number of aryl methyl sites for hydroxylation is 2. The van der Waals surface area contributed by atoms with Gasteiger partial charge in [0, 0.05) is 24.3 Å². The zero-order valence-corrected chi connectivity index (χ0v) is 15.4. The van der Waals surface area contributed by atoms with Gasteiger partial charge in [0.05, 0.1) is 12.3 Å². The summed E-state index contributed by atoms with van der Waals surface area (Å²) in [5, 5.41) is 14.0. The monoisotopic (exact) mass is 341 g/mol. The number of hydrogen-bond acceptors (Lipinski definition) is 3. The van der Waals surface area contributed by atoms with E-state index in [2.05, 4.69) is 32.0 Å². The molecule has 0 aliphatic heterocycles. The molecule has 0 atom stereocenters. The Morgan fingerprint density at radius 3 is 2.76 bits per heavy atom. The minimum absolute atomic E-state index is 0.0221. The number of carbonyl (C=O) groups excluding carboxylic acids is 1. The van der Waals surface area contributed by atoms with Gasteiger partial charge in [-0.3, -0.25) is 4.79 Å². The molecule has 0 bridgehead atoms. The Morgan fingerprint density at radius 2 is 2.08 bits per heavy atom. The fourth-order valence-corrected chi connectivity index (χ4v) is 3.71. The first kappa shape index (κ1) is 17.7. The highest BCUT2D eigenvalue weighted by atomic mass is 16.3. The number of amides is 1. The first-order valence-electron chi connectivity index (χ1n) is 9.15. The Hall–Kier alpha value is -2.14. The lowest BCUT2D eigenvalue weighted by atomic mass is 10.1. The van der Waals surface area contributed by atoms with Gasteiger partial charge >= 0.3 is 0 Å². The van der Waals surface area contributed by atoms with Crippen molar-refractivity contribution in [1.29, 1.82) is 0 Å². The van der Waals surface area contributed by atoms with E-state index < -0.39 is 0 Å². The fraction of sp³-hybridized carbons (Fsp3) is 0.500. The average Bonchev–Trinajstić information content (AvgIpc) is 3.17. The van der Waals surface area contributed by atoms with Gasteiger partial charge in [0.2, 0.25) is 0 Å². The summed E-state index contributed by atoms with van der Waals surface area (Å²) in [5.74, 6) is -0.0578. The normalized spacial score (nSPS) is 13.1. The number of hydrogen-bond donors (Lipinski definition) is 1. The summed E-state index contributed by atoms with van der Waals surface area (Å²) < 4.78 is 1.97. The largest absolute Gasteiger partial charge is 0.395 e. The predicted molar refractivity (Wildman–Crippen MR) is 98.3 cm³/mol. The lowest BCUT2D eigenvalue weighted by Gasteiger charge is -2.20. The molecule has 1 heterocycles. The fourth-order valence-electron chi connectivity index (χ4n) is 3.71. The molecule has 25 heavy (non-hydrogen) atoms. The van der Waals surface area contributed by atoms with Gasteiger partial charge in [-0.2, -0.15) is 5.10 Å². The van der Waals surface area contributed by atoms with Crippen LogP contribution >= 0.6 is 0 Å². The van der Waals surface area contributed by atoms with E-state index in [-0.39, 0.29) is 12.5 Å². The number of fused-ring (bicyclic) bond motifs is 1. The number of carbonyl (C=O) groups is 1. The van der Waals surface area contributed by atoms with E-state index in [0.717, 1.165) is 48.2 Å². The van der Waals surface area contributed by atoms with Crippen LogP contribution in [0.4, 0.5) is 0 Å². The molecule has 0 spiro atoms. The molecule has 1 amide bonds. The SMILES string of the molecule is CCCN(CCO)C(=O)c1nn(-c2ccc(C)cc2C)c2c1CCC2. The van der Waals surface area contributed by atoms with Crippen LogP contribution in [-0.2, 0) is 12.8 Å². The second-order valence-electron chi connectivity index (χ2n) is 6.84. The molecule has 2 aromatic rings. The molecule has 0 unspecified atom stereocenters. The minimum Gasteiger partial charge on any atom is -0.395 e. The van der Waals surface area contributed by atoms with E-state index in [1.807, 2.05) is 11.6 Å². The molecule has 0 fully saturated rings. The molecule has 0 saturated carbocycles. The van der Waals surface area contributed by atoms with Gasteiger partial charge < -0.3 is 10.0 Å². The average molecular weight is 341 g/mol.